The summed E-state index contributed by atoms with van der Waals surface area (Å²) in [6.07, 6.45) is -15.5. The molecule has 135 heavy (non-hydrogen) atoms. The molecule has 16 atom stereocenters. The van der Waals surface area contributed by atoms with Crippen LogP contribution in [0.5, 0.6) is 0 Å². The van der Waals surface area contributed by atoms with Crippen molar-refractivity contribution in [2.75, 3.05) is 23.9 Å². The summed E-state index contributed by atoms with van der Waals surface area (Å²) in [4.78, 5) is 90.1. The summed E-state index contributed by atoms with van der Waals surface area (Å²) in [7, 11) is -18.4. The molecule has 770 valence electrons. The summed E-state index contributed by atoms with van der Waals surface area (Å²) in [5.41, 5.74) is -15.2. The van der Waals surface area contributed by atoms with E-state index in [1.54, 1.807) is 12.1 Å². The Bertz CT molecular complexity index is 4720. The van der Waals surface area contributed by atoms with Gasteiger partial charge >= 0.3 is 77.9 Å². The van der Waals surface area contributed by atoms with Crippen LogP contribution in [-0.2, 0) is 78.0 Å². The minimum absolute atomic E-state index is 0.0524. The van der Waals surface area contributed by atoms with Crippen molar-refractivity contribution in [1.82, 2.24) is 0 Å². The minimum Gasteiger partial charge on any atom is -0.748 e. The van der Waals surface area contributed by atoms with Crippen LogP contribution in [0.1, 0.15) is 338 Å². The quantitative estimate of drug-likeness (QED) is 0.0197. The van der Waals surface area contributed by atoms with E-state index in [0.717, 1.165) is 101 Å². The van der Waals surface area contributed by atoms with Crippen LogP contribution in [0.4, 0.5) is 83.8 Å². The molecule has 10 saturated carbocycles. The molecule has 16 unspecified atom stereocenters. The van der Waals surface area contributed by atoms with Crippen molar-refractivity contribution >= 4 is 71.8 Å². The number of benzene rings is 1. The van der Waals surface area contributed by atoms with Crippen LogP contribution in [0.3, 0.4) is 0 Å². The van der Waals surface area contributed by atoms with Gasteiger partial charge in [-0.3, -0.25) is 24.0 Å². The van der Waals surface area contributed by atoms with Crippen molar-refractivity contribution in [2.45, 2.75) is 371 Å². The molecule has 1 aromatic rings. The zero-order valence-electron chi connectivity index (χ0n) is 77.1. The van der Waals surface area contributed by atoms with Gasteiger partial charge in [0.1, 0.15) is 23.5 Å². The second-order valence-electron chi connectivity index (χ2n) is 41.9. The number of Topliss-reactive ketones (excluding diaryl/α,β-unsaturated/α-hetero) is 3. The zero-order valence-corrected chi connectivity index (χ0v) is 79.5. The average Bonchev–Trinajstić information content (AvgIpc) is 1.64. The lowest BCUT2D eigenvalue weighted by Gasteiger charge is -2.58. The number of fused-ring (bicyclic) bond motifs is 10. The molecule has 0 spiro atoms. The van der Waals surface area contributed by atoms with Crippen LogP contribution in [0.25, 0.3) is 0 Å². The molecule has 10 fully saturated rings. The second kappa shape index (κ2) is 41.6. The maximum atomic E-state index is 14.1. The van der Waals surface area contributed by atoms with Gasteiger partial charge in [-0.2, -0.15) is 79.0 Å². The highest BCUT2D eigenvalue weighted by Gasteiger charge is 2.78. The van der Waals surface area contributed by atoms with E-state index >= 15 is 0 Å². The van der Waals surface area contributed by atoms with Gasteiger partial charge in [0, 0.05) is 56.3 Å². The van der Waals surface area contributed by atoms with Crippen LogP contribution in [0, 0.1) is 92.7 Å². The van der Waals surface area contributed by atoms with E-state index in [1.165, 1.54) is 32.1 Å². The lowest BCUT2D eigenvalue weighted by Crippen LogP contribution is -2.63. The standard InChI is InChI=1S/C32H42F6O10S.C32H48F6O6S.C29H38F6O5S/c1-17(6-9-25(42)47-12-4-5-26(43)48-30(31(33,34)35,32(36,37)38)16-49(44,45)46)20-7-8-21-27-22(15-24(41)29(20,21)3)28(2)11-10-19(39)13-18(28)14-23(27)40;1-19(2)7-6-8-20(3)24-11-12-25-23-10-9-21-17-22(13-15-28(21,4)26(23)14-16-29(24,25)5)43-27(39)44-30(31(33,34)35,32(36,37)38)18-45(40,41)42;30-28(31,32)27(29(33,34)35,18-41(37,38)39)40-26(36)25-23(20-12-6-2-7-13-20)16-22(19-10-4-1-5-11-19)17-24(25)21-14-8-3-9-15-21/h17-18,20-22,27H,4-16H2,1-3H3,(H,44,45,46);9,19-20,22-26H,6-8,10-18H2,1-5H3,(H,40,41,42);16-17,19-21H,1-15,18H2,(H,37,38,39)/p-3. The molecule has 0 saturated heterocycles. The number of hydrogen-bond acceptors (Lipinski definition) is 21. The lowest BCUT2D eigenvalue weighted by molar-refractivity contribution is -0.361. The third-order valence-corrected chi connectivity index (χ3v) is 35.6. The van der Waals surface area contributed by atoms with E-state index in [1.807, 2.05) is 13.8 Å². The van der Waals surface area contributed by atoms with Gasteiger partial charge in [-0.1, -0.05) is 156 Å². The summed E-state index contributed by atoms with van der Waals surface area (Å²) >= 11 is 0. The first-order valence-electron chi connectivity index (χ1n) is 47.2. The Labute approximate surface area is 776 Å². The van der Waals surface area contributed by atoms with Crippen LogP contribution < -0.4 is 0 Å². The predicted octanol–water partition coefficient (Wildman–Crippen LogP) is 22.6. The molecular weight excluding hydrogens is 1890 g/mol. The number of hydrogen-bond donors (Lipinski definition) is 0. The molecule has 0 aromatic heterocycles. The number of esters is 3. The molecule has 0 N–H and O–H groups in total. The Morgan fingerprint density at radius 3 is 1.44 bits per heavy atom. The third kappa shape index (κ3) is 24.2. The van der Waals surface area contributed by atoms with Crippen LogP contribution in [0.2, 0.25) is 0 Å². The number of halogens is 18. The summed E-state index contributed by atoms with van der Waals surface area (Å²) in [5, 5.41) is 0. The van der Waals surface area contributed by atoms with Gasteiger partial charge in [0.2, 0.25) is 0 Å². The first-order valence-corrected chi connectivity index (χ1v) is 51.9. The van der Waals surface area contributed by atoms with Gasteiger partial charge in [-0.05, 0) is 231 Å². The molecule has 0 heterocycles. The predicted molar refractivity (Wildman–Crippen MR) is 448 cm³/mol. The summed E-state index contributed by atoms with van der Waals surface area (Å²) in [5.74, 6) is -11.2. The monoisotopic (exact) mass is 2020 g/mol. The summed E-state index contributed by atoms with van der Waals surface area (Å²) in [6, 6.07) is 3.56. The number of carbonyl (C=O) groups is 7. The van der Waals surface area contributed by atoms with Crippen molar-refractivity contribution in [2.24, 2.45) is 92.7 Å². The van der Waals surface area contributed by atoms with Crippen molar-refractivity contribution < 1.29 is 175 Å². The second-order valence-corrected chi connectivity index (χ2v) is 46.1. The Balaban J connectivity index is 0.000000210. The van der Waals surface area contributed by atoms with Gasteiger partial charge in [-0.25, -0.2) is 34.8 Å². The Morgan fingerprint density at radius 2 is 0.941 bits per heavy atom. The van der Waals surface area contributed by atoms with Gasteiger partial charge in [0.15, 0.2) is 0 Å². The highest BCUT2D eigenvalue weighted by atomic mass is 32.2. The highest BCUT2D eigenvalue weighted by molar-refractivity contribution is 7.86. The molecule has 11 aliphatic carbocycles. The highest BCUT2D eigenvalue weighted by Crippen LogP contribution is 2.70. The minimum atomic E-state index is -6.48. The van der Waals surface area contributed by atoms with E-state index in [9.17, 15) is 152 Å². The third-order valence-electron chi connectivity index (χ3n) is 33.3. The molecule has 0 radical (unpaired) electrons. The SMILES string of the molecule is CC(C)CCCC(C)C1CCC2C3CC=C4CC(OC(=O)OC(CS(=O)(=O)[O-])(C(F)(F)F)C(F)(F)F)CCC4(C)C3CCC12C.CC(CCC(=O)OCCCC(=O)OC(CS(=O)(=O)[O-])(C(F)(F)F)C(F)(F)F)C1CCC2C3C(=O)CC4CC(=O)CCC4(C)C3CC(=O)C12C.O=C(OC(CS(=O)(=O)[O-])(C(F)(F)F)C(F)(F)F)c1c(C2CCCCC2)cc(C2CCCCC2)cc1C1CCCCC1. The number of ether oxygens (including phenoxy) is 5. The van der Waals surface area contributed by atoms with E-state index in [4.69, 9.17) is 9.47 Å². The van der Waals surface area contributed by atoms with Crippen LogP contribution in [0.15, 0.2) is 23.8 Å². The number of ketones is 3. The van der Waals surface area contributed by atoms with Crippen molar-refractivity contribution in [3.05, 3.63) is 46.0 Å². The van der Waals surface area contributed by atoms with Crippen molar-refractivity contribution in [1.29, 1.82) is 0 Å². The smallest absolute Gasteiger partial charge is 0.509 e. The summed E-state index contributed by atoms with van der Waals surface area (Å²) in [6.45, 7) is 16.9. The van der Waals surface area contributed by atoms with Gasteiger partial charge in [0.05, 0.1) is 59.8 Å². The molecule has 21 nitrogen and oxygen atoms in total. The van der Waals surface area contributed by atoms with E-state index in [2.05, 4.69) is 61.8 Å². The van der Waals surface area contributed by atoms with Gasteiger partial charge in [-0.15, -0.1) is 0 Å². The Hall–Kier alpha value is -5.88. The molecule has 0 bridgehead atoms. The first kappa shape index (κ1) is 111. The van der Waals surface area contributed by atoms with Crippen LogP contribution in [-0.4, -0.2) is 164 Å². The molecule has 11 aliphatic rings. The maximum Gasteiger partial charge on any atom is 0.509 e. The number of allylic oxidation sites excluding steroid dienone is 1. The molecule has 1 aromatic carbocycles. The van der Waals surface area contributed by atoms with Gasteiger partial charge < -0.3 is 37.3 Å². The molecule has 0 amide bonds. The lowest BCUT2D eigenvalue weighted by atomic mass is 9.44. The number of carbonyl (C=O) groups excluding carboxylic acids is 7. The largest absolute Gasteiger partial charge is 0.748 e. The first-order chi connectivity index (χ1) is 62.0. The fraction of sp³-hybridized carbons (Fsp3) is 0.839. The fourth-order valence-corrected chi connectivity index (χ4v) is 28.8. The molecule has 12 rings (SSSR count). The zero-order chi connectivity index (χ0) is 101. The number of rotatable bonds is 27. The number of alkyl halides is 18. The Morgan fingerprint density at radius 1 is 0.467 bits per heavy atom. The molecular formula is C93H125F18O21S3-3. The van der Waals surface area contributed by atoms with Crippen LogP contribution >= 0.6 is 0 Å². The molecule has 42 heteroatoms. The van der Waals surface area contributed by atoms with Crippen molar-refractivity contribution in [3.8, 4) is 0 Å². The van der Waals surface area contributed by atoms with E-state index in [0.29, 0.717) is 117 Å². The van der Waals surface area contributed by atoms with E-state index < -0.39 is 157 Å². The topological polar surface area (TPSA) is 337 Å². The molecule has 0 aliphatic heterocycles. The Kier molecular flexibility index (Phi) is 34.2. The van der Waals surface area contributed by atoms with Gasteiger partial charge in [0.25, 0.3) is 0 Å². The van der Waals surface area contributed by atoms with E-state index in [-0.39, 0.29) is 125 Å². The maximum absolute atomic E-state index is 14.1. The normalized spacial score (nSPS) is 30.0. The summed E-state index contributed by atoms with van der Waals surface area (Å²) < 4.78 is 367. The average molecular weight is 2020 g/mol. The fourth-order valence-electron chi connectivity index (χ4n) is 26.2. The van der Waals surface area contributed by atoms with Crippen molar-refractivity contribution in [3.63, 3.8) is 0 Å².